The van der Waals surface area contributed by atoms with E-state index in [-0.39, 0.29) is 5.63 Å². The minimum atomic E-state index is -0.292. The molecule has 3 rings (SSSR count). The van der Waals surface area contributed by atoms with Crippen molar-refractivity contribution in [1.82, 2.24) is 0 Å². The maximum atomic E-state index is 11.9. The highest BCUT2D eigenvalue weighted by Gasteiger charge is 2.08. The van der Waals surface area contributed by atoms with Crippen LogP contribution in [0.2, 0.25) is 0 Å². The fourth-order valence-electron chi connectivity index (χ4n) is 2.01. The van der Waals surface area contributed by atoms with Gasteiger partial charge >= 0.3 is 5.63 Å². The van der Waals surface area contributed by atoms with Gasteiger partial charge in [-0.05, 0) is 30.7 Å². The lowest BCUT2D eigenvalue weighted by Gasteiger charge is -2.04. The van der Waals surface area contributed by atoms with Gasteiger partial charge in [0.05, 0.1) is 5.39 Å². The molecule has 0 radical (unpaired) electrons. The number of para-hydroxylation sites is 1. The SMILES string of the molecule is Cc1cc2c(cc1Br)c(=O)oc1ccccc12. The minimum absolute atomic E-state index is 0.292. The molecule has 3 aromatic rings. The summed E-state index contributed by atoms with van der Waals surface area (Å²) in [5, 5.41) is 2.52. The first kappa shape index (κ1) is 10.5. The van der Waals surface area contributed by atoms with E-state index in [1.807, 2.05) is 43.3 Å². The highest BCUT2D eigenvalue weighted by molar-refractivity contribution is 9.10. The van der Waals surface area contributed by atoms with E-state index < -0.39 is 0 Å². The van der Waals surface area contributed by atoms with Crippen LogP contribution < -0.4 is 5.63 Å². The topological polar surface area (TPSA) is 30.2 Å². The summed E-state index contributed by atoms with van der Waals surface area (Å²) >= 11 is 3.43. The number of benzene rings is 2. The van der Waals surface area contributed by atoms with Crippen LogP contribution in [0.1, 0.15) is 5.56 Å². The van der Waals surface area contributed by atoms with Gasteiger partial charge < -0.3 is 4.42 Å². The van der Waals surface area contributed by atoms with Crippen molar-refractivity contribution in [2.75, 3.05) is 0 Å². The highest BCUT2D eigenvalue weighted by Crippen LogP contribution is 2.27. The van der Waals surface area contributed by atoms with Crippen molar-refractivity contribution in [3.05, 3.63) is 56.9 Å². The Bertz CT molecular complexity index is 787. The summed E-state index contributed by atoms with van der Waals surface area (Å²) in [4.78, 5) is 11.9. The molecular weight excluding hydrogens is 280 g/mol. The van der Waals surface area contributed by atoms with Crippen molar-refractivity contribution in [3.63, 3.8) is 0 Å². The lowest BCUT2D eigenvalue weighted by atomic mass is 10.1. The smallest absolute Gasteiger partial charge is 0.344 e. The summed E-state index contributed by atoms with van der Waals surface area (Å²) in [7, 11) is 0. The molecule has 3 heteroatoms. The standard InChI is InChI=1S/C14H9BrO2/c1-8-6-10-9-4-2-3-5-13(9)17-14(16)11(10)7-12(8)15/h2-7H,1H3. The first-order chi connectivity index (χ1) is 8.16. The second kappa shape index (κ2) is 3.70. The summed E-state index contributed by atoms with van der Waals surface area (Å²) in [6, 6.07) is 11.4. The zero-order chi connectivity index (χ0) is 12.0. The molecule has 0 unspecified atom stereocenters. The third-order valence-corrected chi connectivity index (χ3v) is 3.75. The number of fused-ring (bicyclic) bond motifs is 3. The lowest BCUT2D eigenvalue weighted by Crippen LogP contribution is -2.00. The Morgan fingerprint density at radius 3 is 2.65 bits per heavy atom. The molecule has 0 aliphatic carbocycles. The normalized spacial score (nSPS) is 11.2. The van der Waals surface area contributed by atoms with Crippen molar-refractivity contribution in [2.24, 2.45) is 0 Å². The van der Waals surface area contributed by atoms with Gasteiger partial charge in [-0.2, -0.15) is 0 Å². The fraction of sp³-hybridized carbons (Fsp3) is 0.0714. The third-order valence-electron chi connectivity index (χ3n) is 2.90. The second-order valence-electron chi connectivity index (χ2n) is 4.03. The maximum Gasteiger partial charge on any atom is 0.344 e. The predicted molar refractivity (Wildman–Crippen MR) is 72.4 cm³/mol. The average Bonchev–Trinajstić information content (AvgIpc) is 2.32. The zero-order valence-electron chi connectivity index (χ0n) is 9.16. The number of halogens is 1. The molecule has 0 atom stereocenters. The van der Waals surface area contributed by atoms with Gasteiger partial charge in [0.1, 0.15) is 5.58 Å². The number of rotatable bonds is 0. The van der Waals surface area contributed by atoms with Crippen LogP contribution in [0.25, 0.3) is 21.7 Å². The van der Waals surface area contributed by atoms with E-state index in [2.05, 4.69) is 15.9 Å². The van der Waals surface area contributed by atoms with E-state index in [1.54, 1.807) is 0 Å². The largest absolute Gasteiger partial charge is 0.422 e. The van der Waals surface area contributed by atoms with Gasteiger partial charge in [-0.3, -0.25) is 0 Å². The molecule has 0 spiro atoms. The van der Waals surface area contributed by atoms with Crippen LogP contribution in [-0.4, -0.2) is 0 Å². The van der Waals surface area contributed by atoms with Crippen molar-refractivity contribution >= 4 is 37.7 Å². The molecule has 1 heterocycles. The molecule has 0 bridgehead atoms. The van der Waals surface area contributed by atoms with Crippen LogP contribution >= 0.6 is 15.9 Å². The van der Waals surface area contributed by atoms with Crippen LogP contribution in [0.15, 0.2) is 50.1 Å². The van der Waals surface area contributed by atoms with Gasteiger partial charge in [0.2, 0.25) is 0 Å². The Kier molecular flexibility index (Phi) is 2.30. The molecule has 0 fully saturated rings. The fourth-order valence-corrected chi connectivity index (χ4v) is 2.35. The molecule has 0 saturated heterocycles. The number of hydrogen-bond donors (Lipinski definition) is 0. The van der Waals surface area contributed by atoms with E-state index in [0.717, 1.165) is 20.8 Å². The van der Waals surface area contributed by atoms with Gasteiger partial charge in [-0.25, -0.2) is 4.79 Å². The van der Waals surface area contributed by atoms with Crippen molar-refractivity contribution in [3.8, 4) is 0 Å². The van der Waals surface area contributed by atoms with Crippen LogP contribution in [0.5, 0.6) is 0 Å². The summed E-state index contributed by atoms with van der Waals surface area (Å²) in [5.41, 5.74) is 1.44. The van der Waals surface area contributed by atoms with Gasteiger partial charge in [0.25, 0.3) is 0 Å². The number of aryl methyl sites for hydroxylation is 1. The Morgan fingerprint density at radius 1 is 1.06 bits per heavy atom. The molecule has 0 amide bonds. The third kappa shape index (κ3) is 1.58. The molecular formula is C14H9BrO2. The molecule has 0 saturated carbocycles. The number of hydrogen-bond acceptors (Lipinski definition) is 2. The summed E-state index contributed by atoms with van der Waals surface area (Å²) < 4.78 is 6.22. The van der Waals surface area contributed by atoms with Gasteiger partial charge in [-0.15, -0.1) is 0 Å². The van der Waals surface area contributed by atoms with Crippen LogP contribution in [-0.2, 0) is 0 Å². The molecule has 17 heavy (non-hydrogen) atoms. The van der Waals surface area contributed by atoms with Crippen LogP contribution in [0, 0.1) is 6.92 Å². The summed E-state index contributed by atoms with van der Waals surface area (Å²) in [6.07, 6.45) is 0. The Labute approximate surface area is 106 Å². The summed E-state index contributed by atoms with van der Waals surface area (Å²) in [5.74, 6) is 0. The molecule has 0 aliphatic heterocycles. The molecule has 2 nitrogen and oxygen atoms in total. The van der Waals surface area contributed by atoms with Gasteiger partial charge in [0, 0.05) is 15.2 Å². The molecule has 84 valence electrons. The Morgan fingerprint density at radius 2 is 1.82 bits per heavy atom. The van der Waals surface area contributed by atoms with Crippen LogP contribution in [0.3, 0.4) is 0 Å². The van der Waals surface area contributed by atoms with E-state index in [9.17, 15) is 4.79 Å². The van der Waals surface area contributed by atoms with E-state index in [1.165, 1.54) is 0 Å². The molecule has 2 aromatic carbocycles. The monoisotopic (exact) mass is 288 g/mol. The summed E-state index contributed by atoms with van der Waals surface area (Å²) in [6.45, 7) is 2.01. The molecule has 0 aliphatic rings. The van der Waals surface area contributed by atoms with E-state index in [0.29, 0.717) is 11.0 Å². The lowest BCUT2D eigenvalue weighted by molar-refractivity contribution is 0.569. The van der Waals surface area contributed by atoms with Gasteiger partial charge in [-0.1, -0.05) is 34.1 Å². The zero-order valence-corrected chi connectivity index (χ0v) is 10.7. The predicted octanol–water partition coefficient (Wildman–Crippen LogP) is 4.02. The first-order valence-corrected chi connectivity index (χ1v) is 6.08. The Balaban J connectivity index is 2.65. The molecule has 0 N–H and O–H groups in total. The van der Waals surface area contributed by atoms with Crippen molar-refractivity contribution < 1.29 is 4.42 Å². The quantitative estimate of drug-likeness (QED) is 0.462. The van der Waals surface area contributed by atoms with E-state index >= 15 is 0 Å². The highest BCUT2D eigenvalue weighted by atomic mass is 79.9. The van der Waals surface area contributed by atoms with Crippen LogP contribution in [0.4, 0.5) is 0 Å². The first-order valence-electron chi connectivity index (χ1n) is 5.28. The Hall–Kier alpha value is -1.61. The van der Waals surface area contributed by atoms with Crippen molar-refractivity contribution in [2.45, 2.75) is 6.92 Å². The second-order valence-corrected chi connectivity index (χ2v) is 4.89. The van der Waals surface area contributed by atoms with E-state index in [4.69, 9.17) is 4.42 Å². The minimum Gasteiger partial charge on any atom is -0.422 e. The average molecular weight is 289 g/mol. The van der Waals surface area contributed by atoms with Crippen molar-refractivity contribution in [1.29, 1.82) is 0 Å². The van der Waals surface area contributed by atoms with Gasteiger partial charge in [0.15, 0.2) is 0 Å². The molecule has 1 aromatic heterocycles. The maximum absolute atomic E-state index is 11.9.